The minimum Gasteiger partial charge on any atom is -0.375 e. The van der Waals surface area contributed by atoms with Gasteiger partial charge < -0.3 is 4.74 Å². The molecule has 4 nitrogen and oxygen atoms in total. The summed E-state index contributed by atoms with van der Waals surface area (Å²) in [5.41, 5.74) is -0.0361. The second-order valence-electron chi connectivity index (χ2n) is 5.72. The fraction of sp³-hybridized carbons (Fsp3) is 0.667. The highest BCUT2D eigenvalue weighted by molar-refractivity contribution is 5.94. The number of ether oxygens (including phenoxy) is 1. The highest BCUT2D eigenvalue weighted by Crippen LogP contribution is 2.41. The maximum Gasteiger partial charge on any atom is 0.203 e. The first-order valence-electron chi connectivity index (χ1n) is 7.24. The van der Waals surface area contributed by atoms with E-state index >= 15 is 0 Å². The fourth-order valence-corrected chi connectivity index (χ4v) is 3.41. The molecule has 0 radical (unpaired) electrons. The van der Waals surface area contributed by atoms with Crippen molar-refractivity contribution in [2.24, 2.45) is 5.92 Å². The van der Waals surface area contributed by atoms with Gasteiger partial charge in [0.25, 0.3) is 0 Å². The minimum absolute atomic E-state index is 0.0361. The zero-order chi connectivity index (χ0) is 13.1. The standard InChI is InChI=1S/C15H20N2O2/c18-13(14-16-8-4-9-17-14)12-5-10-19-15(11-12)6-2-1-3-7-15/h4,8-9,12H,1-3,5-7,10-11H2. The van der Waals surface area contributed by atoms with Crippen molar-refractivity contribution in [2.45, 2.75) is 50.5 Å². The number of rotatable bonds is 2. The van der Waals surface area contributed by atoms with E-state index in [1.165, 1.54) is 19.3 Å². The van der Waals surface area contributed by atoms with Gasteiger partial charge in [0.2, 0.25) is 5.78 Å². The summed E-state index contributed by atoms with van der Waals surface area (Å²) in [5.74, 6) is 0.489. The number of hydrogen-bond acceptors (Lipinski definition) is 4. The van der Waals surface area contributed by atoms with Crippen molar-refractivity contribution >= 4 is 5.78 Å². The molecule has 3 rings (SSSR count). The molecular formula is C15H20N2O2. The molecule has 1 aromatic heterocycles. The molecular weight excluding hydrogens is 240 g/mol. The fourth-order valence-electron chi connectivity index (χ4n) is 3.41. The molecule has 0 amide bonds. The van der Waals surface area contributed by atoms with Crippen LogP contribution in [0.1, 0.15) is 55.6 Å². The Kier molecular flexibility index (Phi) is 3.60. The Bertz CT molecular complexity index is 435. The number of Topliss-reactive ketones (excluding diaryl/α,β-unsaturated/α-hetero) is 1. The molecule has 2 fully saturated rings. The van der Waals surface area contributed by atoms with Gasteiger partial charge in [-0.05, 0) is 31.7 Å². The third kappa shape index (κ3) is 2.68. The van der Waals surface area contributed by atoms with E-state index in [0.717, 1.165) is 25.7 Å². The maximum absolute atomic E-state index is 12.4. The summed E-state index contributed by atoms with van der Waals surface area (Å²) in [4.78, 5) is 20.6. The lowest BCUT2D eigenvalue weighted by atomic mass is 9.75. The van der Waals surface area contributed by atoms with Crippen molar-refractivity contribution in [3.8, 4) is 0 Å². The summed E-state index contributed by atoms with van der Waals surface area (Å²) in [6.07, 6.45) is 10.9. The smallest absolute Gasteiger partial charge is 0.203 e. The predicted octanol–water partition coefficient (Wildman–Crippen LogP) is 2.79. The molecule has 1 saturated carbocycles. The summed E-state index contributed by atoms with van der Waals surface area (Å²) in [6.45, 7) is 0.698. The minimum atomic E-state index is -0.0361. The van der Waals surface area contributed by atoms with Crippen molar-refractivity contribution in [2.75, 3.05) is 6.61 Å². The van der Waals surface area contributed by atoms with Crippen LogP contribution in [0.4, 0.5) is 0 Å². The number of carbonyl (C=O) groups is 1. The first-order valence-corrected chi connectivity index (χ1v) is 7.24. The number of ketones is 1. The molecule has 2 aliphatic rings. The van der Waals surface area contributed by atoms with Crippen LogP contribution < -0.4 is 0 Å². The van der Waals surface area contributed by atoms with Crippen LogP contribution in [0.3, 0.4) is 0 Å². The predicted molar refractivity (Wildman–Crippen MR) is 70.9 cm³/mol. The molecule has 1 aliphatic heterocycles. The molecule has 0 bridgehead atoms. The van der Waals surface area contributed by atoms with Crippen LogP contribution in [0.15, 0.2) is 18.5 Å². The second kappa shape index (κ2) is 5.37. The molecule has 1 atom stereocenters. The monoisotopic (exact) mass is 260 g/mol. The van der Waals surface area contributed by atoms with Crippen LogP contribution in [0.25, 0.3) is 0 Å². The zero-order valence-electron chi connectivity index (χ0n) is 11.2. The highest BCUT2D eigenvalue weighted by atomic mass is 16.5. The Morgan fingerprint density at radius 2 is 1.95 bits per heavy atom. The van der Waals surface area contributed by atoms with E-state index in [-0.39, 0.29) is 17.3 Å². The van der Waals surface area contributed by atoms with E-state index in [2.05, 4.69) is 9.97 Å². The van der Waals surface area contributed by atoms with Crippen molar-refractivity contribution in [3.05, 3.63) is 24.3 Å². The van der Waals surface area contributed by atoms with Crippen LogP contribution in [-0.4, -0.2) is 28.0 Å². The largest absolute Gasteiger partial charge is 0.375 e. The van der Waals surface area contributed by atoms with E-state index in [4.69, 9.17) is 4.74 Å². The number of hydrogen-bond donors (Lipinski definition) is 0. The van der Waals surface area contributed by atoms with Crippen LogP contribution in [0.2, 0.25) is 0 Å². The Hall–Kier alpha value is -1.29. The first kappa shape index (κ1) is 12.7. The average molecular weight is 260 g/mol. The zero-order valence-corrected chi connectivity index (χ0v) is 11.2. The average Bonchev–Trinajstić information content (AvgIpc) is 2.48. The van der Waals surface area contributed by atoms with Gasteiger partial charge in [0.1, 0.15) is 0 Å². The third-order valence-corrected chi connectivity index (χ3v) is 4.41. The summed E-state index contributed by atoms with van der Waals surface area (Å²) >= 11 is 0. The highest BCUT2D eigenvalue weighted by Gasteiger charge is 2.41. The third-order valence-electron chi connectivity index (χ3n) is 4.41. The molecule has 1 aromatic rings. The quantitative estimate of drug-likeness (QED) is 0.767. The summed E-state index contributed by atoms with van der Waals surface area (Å²) in [5, 5.41) is 0. The van der Waals surface area contributed by atoms with Crippen LogP contribution >= 0.6 is 0 Å². The van der Waals surface area contributed by atoms with Crippen molar-refractivity contribution in [1.82, 2.24) is 9.97 Å². The molecule has 102 valence electrons. The molecule has 19 heavy (non-hydrogen) atoms. The van der Waals surface area contributed by atoms with Crippen molar-refractivity contribution in [3.63, 3.8) is 0 Å². The SMILES string of the molecule is O=C(c1ncccn1)C1CCOC2(CCCCC2)C1. The molecule has 4 heteroatoms. The van der Waals surface area contributed by atoms with E-state index in [1.807, 2.05) is 0 Å². The lowest BCUT2D eigenvalue weighted by Crippen LogP contribution is -2.43. The molecule has 0 N–H and O–H groups in total. The second-order valence-corrected chi connectivity index (χ2v) is 5.72. The normalized spacial score (nSPS) is 26.2. The Labute approximate surface area is 113 Å². The van der Waals surface area contributed by atoms with E-state index in [9.17, 15) is 4.79 Å². The molecule has 2 heterocycles. The summed E-state index contributed by atoms with van der Waals surface area (Å²) in [7, 11) is 0. The van der Waals surface area contributed by atoms with Gasteiger partial charge in [0.15, 0.2) is 5.82 Å². The Morgan fingerprint density at radius 1 is 1.21 bits per heavy atom. The van der Waals surface area contributed by atoms with Gasteiger partial charge in [0, 0.05) is 24.9 Å². The lowest BCUT2D eigenvalue weighted by molar-refractivity contribution is -0.111. The summed E-state index contributed by atoms with van der Waals surface area (Å²) < 4.78 is 6.03. The molecule has 1 unspecified atom stereocenters. The molecule has 1 aliphatic carbocycles. The van der Waals surface area contributed by atoms with Gasteiger partial charge in [-0.15, -0.1) is 0 Å². The molecule has 0 aromatic carbocycles. The van der Waals surface area contributed by atoms with Crippen molar-refractivity contribution < 1.29 is 9.53 Å². The van der Waals surface area contributed by atoms with Crippen LogP contribution in [-0.2, 0) is 4.74 Å². The van der Waals surface area contributed by atoms with E-state index in [1.54, 1.807) is 18.5 Å². The van der Waals surface area contributed by atoms with E-state index < -0.39 is 0 Å². The topological polar surface area (TPSA) is 52.1 Å². The van der Waals surface area contributed by atoms with Gasteiger partial charge in [0.05, 0.1) is 5.60 Å². The number of aromatic nitrogens is 2. The number of carbonyl (C=O) groups excluding carboxylic acids is 1. The van der Waals surface area contributed by atoms with Gasteiger partial charge in [-0.25, -0.2) is 9.97 Å². The lowest BCUT2D eigenvalue weighted by Gasteiger charge is -2.43. The first-order chi connectivity index (χ1) is 9.29. The molecule has 1 spiro atoms. The number of nitrogens with zero attached hydrogens (tertiary/aromatic N) is 2. The maximum atomic E-state index is 12.4. The molecule has 1 saturated heterocycles. The van der Waals surface area contributed by atoms with E-state index in [0.29, 0.717) is 12.4 Å². The van der Waals surface area contributed by atoms with Gasteiger partial charge in [-0.3, -0.25) is 4.79 Å². The van der Waals surface area contributed by atoms with Gasteiger partial charge >= 0.3 is 0 Å². The van der Waals surface area contributed by atoms with Crippen LogP contribution in [0.5, 0.6) is 0 Å². The summed E-state index contributed by atoms with van der Waals surface area (Å²) in [6, 6.07) is 1.74. The van der Waals surface area contributed by atoms with Crippen LogP contribution in [0, 0.1) is 5.92 Å². The Balaban J connectivity index is 1.73. The van der Waals surface area contributed by atoms with Gasteiger partial charge in [-0.1, -0.05) is 19.3 Å². The van der Waals surface area contributed by atoms with Gasteiger partial charge in [-0.2, -0.15) is 0 Å². The Morgan fingerprint density at radius 3 is 2.68 bits per heavy atom. The van der Waals surface area contributed by atoms with Crippen molar-refractivity contribution in [1.29, 1.82) is 0 Å².